The molecule has 0 saturated heterocycles. The molecule has 4 nitrogen and oxygen atoms in total. The molecule has 0 spiro atoms. The molecular formula is C16H21NO3. The third kappa shape index (κ3) is 2.70. The summed E-state index contributed by atoms with van der Waals surface area (Å²) < 4.78 is 7.75. The highest BCUT2D eigenvalue weighted by Gasteiger charge is 2.13. The number of ether oxygens (including phenoxy) is 1. The summed E-state index contributed by atoms with van der Waals surface area (Å²) in [7, 11) is 0. The molecule has 0 unspecified atom stereocenters. The Balaban J connectivity index is 2.35. The largest absolute Gasteiger partial charge is 0.478 e. The lowest BCUT2D eigenvalue weighted by molar-refractivity contribution is 0.0697. The first-order valence-electron chi connectivity index (χ1n) is 6.96. The first-order chi connectivity index (χ1) is 9.56. The summed E-state index contributed by atoms with van der Waals surface area (Å²) in [4.78, 5) is 11.1. The Bertz CT molecular complexity index is 628. The molecule has 0 aliphatic heterocycles. The summed E-state index contributed by atoms with van der Waals surface area (Å²) in [5.41, 5.74) is 3.71. The van der Waals surface area contributed by atoms with E-state index in [1.54, 1.807) is 12.1 Å². The normalized spacial score (nSPS) is 11.2. The maximum atomic E-state index is 11.1. The van der Waals surface area contributed by atoms with E-state index in [1.807, 2.05) is 13.0 Å². The van der Waals surface area contributed by atoms with Crippen LogP contribution < -0.4 is 0 Å². The number of hydrogen-bond donors (Lipinski definition) is 1. The minimum Gasteiger partial charge on any atom is -0.478 e. The van der Waals surface area contributed by atoms with Crippen LogP contribution in [0.1, 0.15) is 35.0 Å². The zero-order valence-electron chi connectivity index (χ0n) is 12.3. The van der Waals surface area contributed by atoms with Gasteiger partial charge in [0.15, 0.2) is 0 Å². The molecule has 0 bridgehead atoms. The number of nitrogens with zero attached hydrogens (tertiary/aromatic N) is 1. The summed E-state index contributed by atoms with van der Waals surface area (Å²) in [5.74, 6) is -0.886. The second-order valence-electron chi connectivity index (χ2n) is 5.01. The van der Waals surface area contributed by atoms with Crippen LogP contribution in [0.3, 0.4) is 0 Å². The predicted octanol–water partition coefficient (Wildman–Crippen LogP) is 3.38. The smallest absolute Gasteiger partial charge is 0.335 e. The molecule has 108 valence electrons. The molecule has 1 heterocycles. The van der Waals surface area contributed by atoms with Crippen molar-refractivity contribution in [2.45, 2.75) is 33.7 Å². The Morgan fingerprint density at radius 2 is 2.05 bits per heavy atom. The van der Waals surface area contributed by atoms with Crippen LogP contribution in [-0.2, 0) is 11.3 Å². The van der Waals surface area contributed by atoms with Crippen molar-refractivity contribution in [2.75, 3.05) is 13.2 Å². The van der Waals surface area contributed by atoms with E-state index < -0.39 is 5.97 Å². The van der Waals surface area contributed by atoms with Crippen LogP contribution in [0, 0.1) is 13.8 Å². The average molecular weight is 275 g/mol. The molecule has 0 saturated carbocycles. The summed E-state index contributed by atoms with van der Waals surface area (Å²) in [6.07, 6.45) is 1.02. The highest BCUT2D eigenvalue weighted by Crippen LogP contribution is 2.26. The minimum absolute atomic E-state index is 0.333. The van der Waals surface area contributed by atoms with Crippen molar-refractivity contribution in [3.05, 3.63) is 35.0 Å². The van der Waals surface area contributed by atoms with Crippen molar-refractivity contribution in [3.8, 4) is 0 Å². The standard InChI is InChI=1S/C16H21NO3/c1-4-8-20-9-7-17-12(3)11(2)14-10-13(16(18)19)5-6-15(14)17/h5-6,10H,4,7-9H2,1-3H3,(H,18,19). The Morgan fingerprint density at radius 1 is 1.30 bits per heavy atom. The maximum absolute atomic E-state index is 11.1. The molecular weight excluding hydrogens is 254 g/mol. The van der Waals surface area contributed by atoms with Crippen molar-refractivity contribution >= 4 is 16.9 Å². The van der Waals surface area contributed by atoms with E-state index in [9.17, 15) is 4.79 Å². The number of hydrogen-bond acceptors (Lipinski definition) is 2. The lowest BCUT2D eigenvalue weighted by atomic mass is 10.1. The number of benzene rings is 1. The fourth-order valence-corrected chi connectivity index (χ4v) is 2.47. The van der Waals surface area contributed by atoms with E-state index in [-0.39, 0.29) is 0 Å². The number of fused-ring (bicyclic) bond motifs is 1. The zero-order chi connectivity index (χ0) is 14.7. The summed E-state index contributed by atoms with van der Waals surface area (Å²) in [5, 5.41) is 10.1. The maximum Gasteiger partial charge on any atom is 0.335 e. The van der Waals surface area contributed by atoms with Gasteiger partial charge in [0.2, 0.25) is 0 Å². The summed E-state index contributed by atoms with van der Waals surface area (Å²) in [6.45, 7) is 8.44. The Morgan fingerprint density at radius 3 is 2.70 bits per heavy atom. The molecule has 1 aromatic carbocycles. The number of aromatic nitrogens is 1. The quantitative estimate of drug-likeness (QED) is 0.822. The molecule has 0 radical (unpaired) electrons. The average Bonchev–Trinajstić information content (AvgIpc) is 2.67. The number of carboxylic acids is 1. The number of carbonyl (C=O) groups is 1. The van der Waals surface area contributed by atoms with Crippen LogP contribution in [0.2, 0.25) is 0 Å². The second kappa shape index (κ2) is 6.09. The summed E-state index contributed by atoms with van der Waals surface area (Å²) in [6, 6.07) is 5.30. The molecule has 0 aliphatic rings. The number of aryl methyl sites for hydroxylation is 1. The molecule has 0 fully saturated rings. The fourth-order valence-electron chi connectivity index (χ4n) is 2.47. The van der Waals surface area contributed by atoms with Crippen LogP contribution in [-0.4, -0.2) is 28.9 Å². The lowest BCUT2D eigenvalue weighted by Gasteiger charge is -2.09. The van der Waals surface area contributed by atoms with Crippen LogP contribution >= 0.6 is 0 Å². The van der Waals surface area contributed by atoms with Gasteiger partial charge in [-0.15, -0.1) is 0 Å². The Hall–Kier alpha value is -1.81. The van der Waals surface area contributed by atoms with Gasteiger partial charge in [-0.2, -0.15) is 0 Å². The molecule has 20 heavy (non-hydrogen) atoms. The highest BCUT2D eigenvalue weighted by molar-refractivity contribution is 5.95. The number of rotatable bonds is 6. The van der Waals surface area contributed by atoms with Gasteiger partial charge >= 0.3 is 5.97 Å². The molecule has 0 atom stereocenters. The first-order valence-corrected chi connectivity index (χ1v) is 6.96. The van der Waals surface area contributed by atoms with Gasteiger partial charge in [-0.05, 0) is 44.0 Å². The van der Waals surface area contributed by atoms with E-state index in [1.165, 1.54) is 5.69 Å². The molecule has 0 aliphatic carbocycles. The fraction of sp³-hybridized carbons (Fsp3) is 0.438. The van der Waals surface area contributed by atoms with E-state index in [0.29, 0.717) is 12.2 Å². The predicted molar refractivity (Wildman–Crippen MR) is 79.5 cm³/mol. The van der Waals surface area contributed by atoms with Gasteiger partial charge in [0, 0.05) is 29.7 Å². The van der Waals surface area contributed by atoms with Gasteiger partial charge in [0.1, 0.15) is 0 Å². The van der Waals surface area contributed by atoms with E-state index in [0.717, 1.165) is 36.0 Å². The van der Waals surface area contributed by atoms with Gasteiger partial charge < -0.3 is 14.4 Å². The summed E-state index contributed by atoms with van der Waals surface area (Å²) >= 11 is 0. The van der Waals surface area contributed by atoms with Crippen molar-refractivity contribution in [2.24, 2.45) is 0 Å². The van der Waals surface area contributed by atoms with E-state index in [4.69, 9.17) is 9.84 Å². The monoisotopic (exact) mass is 275 g/mol. The van der Waals surface area contributed by atoms with Crippen molar-refractivity contribution in [3.63, 3.8) is 0 Å². The Labute approximate surface area is 119 Å². The third-order valence-electron chi connectivity index (χ3n) is 3.69. The van der Waals surface area contributed by atoms with Crippen LogP contribution in [0.5, 0.6) is 0 Å². The molecule has 2 aromatic rings. The molecule has 1 N–H and O–H groups in total. The van der Waals surface area contributed by atoms with Crippen molar-refractivity contribution in [1.82, 2.24) is 4.57 Å². The topological polar surface area (TPSA) is 51.5 Å². The minimum atomic E-state index is -0.886. The molecule has 1 aromatic heterocycles. The third-order valence-corrected chi connectivity index (χ3v) is 3.69. The SMILES string of the molecule is CCCOCCn1c(C)c(C)c2cc(C(=O)O)ccc21. The van der Waals surface area contributed by atoms with Crippen molar-refractivity contribution < 1.29 is 14.6 Å². The van der Waals surface area contributed by atoms with E-state index >= 15 is 0 Å². The first kappa shape index (κ1) is 14.6. The van der Waals surface area contributed by atoms with Crippen LogP contribution in [0.4, 0.5) is 0 Å². The Kier molecular flexibility index (Phi) is 4.45. The van der Waals surface area contributed by atoms with Crippen LogP contribution in [0.15, 0.2) is 18.2 Å². The van der Waals surface area contributed by atoms with Crippen LogP contribution in [0.25, 0.3) is 10.9 Å². The van der Waals surface area contributed by atoms with Crippen molar-refractivity contribution in [1.29, 1.82) is 0 Å². The van der Waals surface area contributed by atoms with Gasteiger partial charge in [-0.3, -0.25) is 0 Å². The molecule has 2 rings (SSSR count). The molecule has 0 amide bonds. The zero-order valence-corrected chi connectivity index (χ0v) is 12.3. The van der Waals surface area contributed by atoms with Gasteiger partial charge in [-0.25, -0.2) is 4.79 Å². The van der Waals surface area contributed by atoms with Gasteiger partial charge in [0.05, 0.1) is 12.2 Å². The number of aromatic carboxylic acids is 1. The second-order valence-corrected chi connectivity index (χ2v) is 5.01. The molecule has 4 heteroatoms. The van der Waals surface area contributed by atoms with E-state index in [2.05, 4.69) is 18.4 Å². The highest BCUT2D eigenvalue weighted by atomic mass is 16.5. The number of carboxylic acid groups (broad SMARTS) is 1. The lowest BCUT2D eigenvalue weighted by Crippen LogP contribution is -2.08. The van der Waals surface area contributed by atoms with Gasteiger partial charge in [0.25, 0.3) is 0 Å². The van der Waals surface area contributed by atoms with Gasteiger partial charge in [-0.1, -0.05) is 6.92 Å².